The van der Waals surface area contributed by atoms with Crippen LogP contribution in [-0.4, -0.2) is 0 Å². The first-order valence-corrected chi connectivity index (χ1v) is 21.3. The Hall–Kier alpha value is -7.68. The van der Waals surface area contributed by atoms with Crippen LogP contribution in [0.2, 0.25) is 0 Å². The minimum absolute atomic E-state index is 1.15. The van der Waals surface area contributed by atoms with Crippen LogP contribution in [0.1, 0.15) is 44.5 Å². The van der Waals surface area contributed by atoms with Gasteiger partial charge in [0.1, 0.15) is 0 Å². The molecule has 8 aromatic carbocycles. The SMILES string of the molecule is Cc1ccc(N(c2ccc(/C=C/C=C/c3ccccc3)cc2)c2ccccc2C)cc1.Cc1ccc(N(c2ccc(/C=C/C=C/c3ccccc3)cc2)c2ccccc2C)cc1. The van der Waals surface area contributed by atoms with E-state index in [4.69, 9.17) is 0 Å². The summed E-state index contributed by atoms with van der Waals surface area (Å²) in [5, 5.41) is 0. The molecule has 2 nitrogen and oxygen atoms in total. The van der Waals surface area contributed by atoms with Crippen molar-refractivity contribution in [2.75, 3.05) is 9.80 Å². The van der Waals surface area contributed by atoms with E-state index in [0.717, 1.165) is 22.7 Å². The fraction of sp³-hybridized carbons (Fsp3) is 0.0667. The van der Waals surface area contributed by atoms with Crippen molar-refractivity contribution in [1.29, 1.82) is 0 Å². The van der Waals surface area contributed by atoms with Crippen LogP contribution in [-0.2, 0) is 0 Å². The van der Waals surface area contributed by atoms with Gasteiger partial charge in [-0.1, -0.05) is 205 Å². The van der Waals surface area contributed by atoms with E-state index in [1.54, 1.807) is 0 Å². The van der Waals surface area contributed by atoms with Gasteiger partial charge < -0.3 is 9.80 Å². The van der Waals surface area contributed by atoms with Crippen molar-refractivity contribution in [2.24, 2.45) is 0 Å². The molecule has 0 N–H and O–H groups in total. The van der Waals surface area contributed by atoms with Gasteiger partial charge in [0.15, 0.2) is 0 Å². The molecule has 8 rings (SSSR count). The fourth-order valence-corrected chi connectivity index (χ4v) is 7.13. The van der Waals surface area contributed by atoms with Gasteiger partial charge in [-0.2, -0.15) is 0 Å². The molecule has 62 heavy (non-hydrogen) atoms. The van der Waals surface area contributed by atoms with Gasteiger partial charge >= 0.3 is 0 Å². The molecule has 0 saturated heterocycles. The van der Waals surface area contributed by atoms with Crippen LogP contribution in [0.3, 0.4) is 0 Å². The molecule has 0 spiro atoms. The molecule has 0 bridgehead atoms. The maximum absolute atomic E-state index is 2.32. The van der Waals surface area contributed by atoms with Crippen molar-refractivity contribution in [3.05, 3.63) is 275 Å². The Morgan fingerprint density at radius 2 is 0.516 bits per heavy atom. The highest BCUT2D eigenvalue weighted by Crippen LogP contribution is 2.38. The molecule has 0 fully saturated rings. The average molecular weight is 803 g/mol. The van der Waals surface area contributed by atoms with E-state index >= 15 is 0 Å². The second-order valence-electron chi connectivity index (χ2n) is 15.4. The maximum atomic E-state index is 2.32. The minimum Gasteiger partial charge on any atom is -0.310 e. The lowest BCUT2D eigenvalue weighted by Gasteiger charge is -2.27. The summed E-state index contributed by atoms with van der Waals surface area (Å²) in [5.41, 5.74) is 16.8. The van der Waals surface area contributed by atoms with Crippen molar-refractivity contribution in [3.8, 4) is 0 Å². The summed E-state index contributed by atoms with van der Waals surface area (Å²) in [7, 11) is 0. The smallest absolute Gasteiger partial charge is 0.0490 e. The number of nitrogens with zero attached hydrogens (tertiary/aromatic N) is 2. The number of rotatable bonds is 12. The number of para-hydroxylation sites is 2. The topological polar surface area (TPSA) is 6.48 Å². The van der Waals surface area contributed by atoms with Crippen molar-refractivity contribution in [2.45, 2.75) is 27.7 Å². The summed E-state index contributed by atoms with van der Waals surface area (Å²) in [6.07, 6.45) is 16.8. The summed E-state index contributed by atoms with van der Waals surface area (Å²) >= 11 is 0. The average Bonchev–Trinajstić information content (AvgIpc) is 3.31. The zero-order valence-electron chi connectivity index (χ0n) is 36.1. The number of aryl methyl sites for hydroxylation is 4. The first-order chi connectivity index (χ1) is 30.4. The van der Waals surface area contributed by atoms with Crippen LogP contribution >= 0.6 is 0 Å². The lowest BCUT2D eigenvalue weighted by molar-refractivity contribution is 1.24. The van der Waals surface area contributed by atoms with Crippen LogP contribution in [0.5, 0.6) is 0 Å². The highest BCUT2D eigenvalue weighted by molar-refractivity contribution is 5.80. The van der Waals surface area contributed by atoms with E-state index in [-0.39, 0.29) is 0 Å². The summed E-state index contributed by atoms with van der Waals surface area (Å²) in [6, 6.07) is 72.5. The molecule has 0 aliphatic carbocycles. The molecular weight excluding hydrogens is 749 g/mol. The van der Waals surface area contributed by atoms with Gasteiger partial charge in [-0.25, -0.2) is 0 Å². The predicted octanol–water partition coefficient (Wildman–Crippen LogP) is 17.0. The largest absolute Gasteiger partial charge is 0.310 e. The number of hydrogen-bond acceptors (Lipinski definition) is 2. The van der Waals surface area contributed by atoms with Gasteiger partial charge in [0, 0.05) is 34.1 Å². The highest BCUT2D eigenvalue weighted by atomic mass is 15.1. The molecule has 8 aromatic rings. The molecule has 304 valence electrons. The Morgan fingerprint density at radius 3 is 0.823 bits per heavy atom. The van der Waals surface area contributed by atoms with Gasteiger partial charge in [-0.3, -0.25) is 0 Å². The van der Waals surface area contributed by atoms with Crippen molar-refractivity contribution < 1.29 is 0 Å². The quantitative estimate of drug-likeness (QED) is 0.114. The van der Waals surface area contributed by atoms with Gasteiger partial charge in [0.05, 0.1) is 0 Å². The highest BCUT2D eigenvalue weighted by Gasteiger charge is 2.15. The third kappa shape index (κ3) is 11.7. The second-order valence-corrected chi connectivity index (χ2v) is 15.4. The Balaban J connectivity index is 0.000000186. The summed E-state index contributed by atoms with van der Waals surface area (Å²) in [4.78, 5) is 4.63. The van der Waals surface area contributed by atoms with Crippen LogP contribution in [0.4, 0.5) is 34.1 Å². The molecule has 0 aliphatic rings. The molecule has 0 atom stereocenters. The molecule has 0 aliphatic heterocycles. The third-order valence-corrected chi connectivity index (χ3v) is 10.6. The molecule has 0 radical (unpaired) electrons. The number of allylic oxidation sites excluding steroid dienone is 4. The van der Waals surface area contributed by atoms with E-state index in [0.29, 0.717) is 0 Å². The first kappa shape index (κ1) is 42.4. The zero-order chi connectivity index (χ0) is 42.9. The second kappa shape index (κ2) is 21.5. The molecule has 0 aromatic heterocycles. The minimum atomic E-state index is 1.15. The normalized spacial score (nSPS) is 11.3. The van der Waals surface area contributed by atoms with E-state index < -0.39 is 0 Å². The van der Waals surface area contributed by atoms with Crippen molar-refractivity contribution >= 4 is 58.4 Å². The van der Waals surface area contributed by atoms with Crippen LogP contribution in [0, 0.1) is 27.7 Å². The third-order valence-electron chi connectivity index (χ3n) is 10.6. The van der Waals surface area contributed by atoms with Crippen molar-refractivity contribution in [1.82, 2.24) is 0 Å². The van der Waals surface area contributed by atoms with Gasteiger partial charge in [-0.05, 0) is 122 Å². The Bertz CT molecular complexity index is 2530. The summed E-state index contributed by atoms with van der Waals surface area (Å²) < 4.78 is 0. The van der Waals surface area contributed by atoms with E-state index in [9.17, 15) is 0 Å². The summed E-state index contributed by atoms with van der Waals surface area (Å²) in [5.74, 6) is 0. The molecule has 0 saturated carbocycles. The number of benzene rings is 8. The number of anilines is 6. The molecule has 2 heteroatoms. The Morgan fingerprint density at radius 1 is 0.258 bits per heavy atom. The monoisotopic (exact) mass is 802 g/mol. The maximum Gasteiger partial charge on any atom is 0.0490 e. The summed E-state index contributed by atoms with van der Waals surface area (Å²) in [6.45, 7) is 8.56. The standard InChI is InChI=1S/2C30H27N/c2*1-24-16-20-28(21-17-24)31(30-15-9-6-10-25(30)2)29-22-18-27(19-23-29)14-8-7-13-26-11-4-3-5-12-26/h2*3-23H,1-2H3/b2*13-7+,14-8+. The van der Waals surface area contributed by atoms with E-state index in [1.165, 1.54) is 55.9 Å². The molecular formula is C60H54N2. The lowest BCUT2D eigenvalue weighted by atomic mass is 10.1. The Kier molecular flexibility index (Phi) is 14.7. The van der Waals surface area contributed by atoms with Crippen LogP contribution < -0.4 is 9.80 Å². The van der Waals surface area contributed by atoms with Crippen molar-refractivity contribution in [3.63, 3.8) is 0 Å². The molecule has 0 heterocycles. The van der Waals surface area contributed by atoms with E-state index in [2.05, 4.69) is 280 Å². The molecule has 0 amide bonds. The zero-order valence-corrected chi connectivity index (χ0v) is 36.1. The molecule has 0 unspecified atom stereocenters. The lowest BCUT2D eigenvalue weighted by Crippen LogP contribution is -2.11. The van der Waals surface area contributed by atoms with Gasteiger partial charge in [0.2, 0.25) is 0 Å². The fourth-order valence-electron chi connectivity index (χ4n) is 7.13. The van der Waals surface area contributed by atoms with Gasteiger partial charge in [0.25, 0.3) is 0 Å². The number of hydrogen-bond donors (Lipinski definition) is 0. The van der Waals surface area contributed by atoms with Crippen LogP contribution in [0.15, 0.2) is 231 Å². The first-order valence-electron chi connectivity index (χ1n) is 21.3. The van der Waals surface area contributed by atoms with Gasteiger partial charge in [-0.15, -0.1) is 0 Å². The Labute approximate surface area is 369 Å². The predicted molar refractivity (Wildman–Crippen MR) is 270 cm³/mol. The van der Waals surface area contributed by atoms with E-state index in [1.807, 2.05) is 12.1 Å². The van der Waals surface area contributed by atoms with Crippen LogP contribution in [0.25, 0.3) is 24.3 Å².